The number of amides is 1. The fraction of sp³-hybridized carbons (Fsp3) is 0.235. The Labute approximate surface area is 129 Å². The van der Waals surface area contributed by atoms with Crippen LogP contribution in [0.3, 0.4) is 0 Å². The highest BCUT2D eigenvalue weighted by molar-refractivity contribution is 5.91. The van der Waals surface area contributed by atoms with Gasteiger partial charge in [-0.15, -0.1) is 0 Å². The average molecular weight is 300 g/mol. The van der Waals surface area contributed by atoms with E-state index in [1.807, 2.05) is 43.3 Å². The molecule has 2 rings (SSSR count). The molecule has 0 fully saturated rings. The van der Waals surface area contributed by atoms with E-state index in [-0.39, 0.29) is 12.5 Å². The molecule has 2 N–H and O–H groups in total. The number of nitrogens with one attached hydrogen (secondary N) is 1. The van der Waals surface area contributed by atoms with Crippen LogP contribution in [-0.4, -0.2) is 31.7 Å². The lowest BCUT2D eigenvalue weighted by molar-refractivity contribution is -0.116. The maximum absolute atomic E-state index is 11.7. The zero-order valence-corrected chi connectivity index (χ0v) is 12.7. The monoisotopic (exact) mass is 300 g/mol. The van der Waals surface area contributed by atoms with Gasteiger partial charge in [-0.1, -0.05) is 12.1 Å². The molecule has 1 unspecified atom stereocenters. The quantitative estimate of drug-likeness (QED) is 0.803. The van der Waals surface area contributed by atoms with Crippen molar-refractivity contribution in [1.82, 2.24) is 5.32 Å². The van der Waals surface area contributed by atoms with E-state index in [1.54, 1.807) is 24.5 Å². The smallest absolute Gasteiger partial charge is 0.244 e. The van der Waals surface area contributed by atoms with E-state index in [2.05, 4.69) is 5.32 Å². The van der Waals surface area contributed by atoms with E-state index in [4.69, 9.17) is 4.42 Å². The third-order valence-electron chi connectivity index (χ3n) is 3.21. The Morgan fingerprint density at radius 1 is 1.32 bits per heavy atom. The molecule has 1 heterocycles. The van der Waals surface area contributed by atoms with Gasteiger partial charge < -0.3 is 19.7 Å². The number of carbonyl (C=O) groups is 1. The Kier molecular flexibility index (Phi) is 5.38. The molecule has 1 aromatic carbocycles. The van der Waals surface area contributed by atoms with Crippen LogP contribution in [0.2, 0.25) is 0 Å². The van der Waals surface area contributed by atoms with Crippen LogP contribution in [0.15, 0.2) is 53.2 Å². The average Bonchev–Trinajstić information content (AvgIpc) is 3.04. The molecule has 0 aliphatic carbocycles. The molecule has 0 saturated carbocycles. The summed E-state index contributed by atoms with van der Waals surface area (Å²) < 4.78 is 5.09. The topological polar surface area (TPSA) is 65.7 Å². The van der Waals surface area contributed by atoms with E-state index in [1.165, 1.54) is 6.08 Å². The number of aliphatic hydroxyl groups is 1. The molecule has 5 heteroatoms. The van der Waals surface area contributed by atoms with Gasteiger partial charge in [0.2, 0.25) is 5.91 Å². The third kappa shape index (κ3) is 4.49. The van der Waals surface area contributed by atoms with Crippen LogP contribution < -0.4 is 10.2 Å². The normalized spacial score (nSPS) is 12.3. The summed E-state index contributed by atoms with van der Waals surface area (Å²) in [6, 6.07) is 11.1. The lowest BCUT2D eigenvalue weighted by Gasteiger charge is -2.15. The summed E-state index contributed by atoms with van der Waals surface area (Å²) in [5.41, 5.74) is 1.82. The van der Waals surface area contributed by atoms with Crippen LogP contribution in [-0.2, 0) is 4.79 Å². The molecule has 0 spiro atoms. The molecular weight excluding hydrogens is 280 g/mol. The Morgan fingerprint density at radius 3 is 2.64 bits per heavy atom. The van der Waals surface area contributed by atoms with Crippen LogP contribution in [0, 0.1) is 0 Å². The van der Waals surface area contributed by atoms with Gasteiger partial charge in [-0.2, -0.15) is 0 Å². The van der Waals surface area contributed by atoms with Crippen molar-refractivity contribution < 1.29 is 14.3 Å². The standard InChI is InChI=1S/C17H20N2O3/c1-19(2)14-7-5-13(6-8-14)16(20)12-18-17(21)10-9-15-4-3-11-22-15/h3-11,16,20H,12H2,1-2H3,(H,18,21). The van der Waals surface area contributed by atoms with Crippen molar-refractivity contribution in [3.05, 3.63) is 60.1 Å². The second-order valence-electron chi connectivity index (χ2n) is 5.10. The first-order valence-electron chi connectivity index (χ1n) is 7.01. The summed E-state index contributed by atoms with van der Waals surface area (Å²) in [6.45, 7) is 0.155. The molecule has 1 aromatic heterocycles. The van der Waals surface area contributed by atoms with Gasteiger partial charge in [-0.25, -0.2) is 0 Å². The van der Waals surface area contributed by atoms with Crippen LogP contribution in [0.1, 0.15) is 17.4 Å². The molecule has 0 radical (unpaired) electrons. The van der Waals surface area contributed by atoms with Crippen molar-refractivity contribution in [2.75, 3.05) is 25.5 Å². The minimum absolute atomic E-state index is 0.155. The minimum Gasteiger partial charge on any atom is -0.465 e. The summed E-state index contributed by atoms with van der Waals surface area (Å²) in [6.07, 6.45) is 3.75. The number of hydrogen-bond acceptors (Lipinski definition) is 4. The minimum atomic E-state index is -0.739. The highest BCUT2D eigenvalue weighted by Crippen LogP contribution is 2.17. The molecular formula is C17H20N2O3. The van der Waals surface area contributed by atoms with Crippen molar-refractivity contribution in [3.63, 3.8) is 0 Å². The van der Waals surface area contributed by atoms with E-state index < -0.39 is 6.10 Å². The second-order valence-corrected chi connectivity index (χ2v) is 5.10. The Bertz CT molecular complexity index is 616. The first-order valence-corrected chi connectivity index (χ1v) is 7.01. The molecule has 5 nitrogen and oxygen atoms in total. The Morgan fingerprint density at radius 2 is 2.05 bits per heavy atom. The first-order chi connectivity index (χ1) is 10.6. The summed E-state index contributed by atoms with van der Waals surface area (Å²) >= 11 is 0. The maximum atomic E-state index is 11.7. The summed E-state index contributed by atoms with van der Waals surface area (Å²) in [5, 5.41) is 12.7. The fourth-order valence-electron chi connectivity index (χ4n) is 1.91. The molecule has 0 aliphatic heterocycles. The molecule has 116 valence electrons. The van der Waals surface area contributed by atoms with Crippen molar-refractivity contribution in [2.24, 2.45) is 0 Å². The van der Waals surface area contributed by atoms with Crippen LogP contribution in [0.4, 0.5) is 5.69 Å². The molecule has 0 saturated heterocycles. The van der Waals surface area contributed by atoms with Gasteiger partial charge >= 0.3 is 0 Å². The van der Waals surface area contributed by atoms with Crippen LogP contribution in [0.25, 0.3) is 6.08 Å². The number of anilines is 1. The molecule has 1 amide bonds. The molecule has 22 heavy (non-hydrogen) atoms. The molecule has 0 bridgehead atoms. The number of nitrogens with zero attached hydrogens (tertiary/aromatic N) is 1. The Balaban J connectivity index is 1.84. The highest BCUT2D eigenvalue weighted by atomic mass is 16.3. The van der Waals surface area contributed by atoms with Crippen molar-refractivity contribution in [3.8, 4) is 0 Å². The molecule has 0 aliphatic rings. The number of carbonyl (C=O) groups excluding carboxylic acids is 1. The van der Waals surface area contributed by atoms with Gasteiger partial charge in [0, 0.05) is 32.4 Å². The van der Waals surface area contributed by atoms with E-state index in [0.717, 1.165) is 11.3 Å². The van der Waals surface area contributed by atoms with Gasteiger partial charge in [-0.3, -0.25) is 4.79 Å². The number of rotatable bonds is 6. The lowest BCUT2D eigenvalue weighted by Crippen LogP contribution is -2.26. The molecule has 1 atom stereocenters. The van der Waals surface area contributed by atoms with Gasteiger partial charge in [-0.05, 0) is 35.9 Å². The zero-order valence-electron chi connectivity index (χ0n) is 12.7. The molecule has 2 aromatic rings. The number of furan rings is 1. The van der Waals surface area contributed by atoms with E-state index >= 15 is 0 Å². The van der Waals surface area contributed by atoms with E-state index in [0.29, 0.717) is 5.76 Å². The van der Waals surface area contributed by atoms with Crippen LogP contribution in [0.5, 0.6) is 0 Å². The van der Waals surface area contributed by atoms with Crippen molar-refractivity contribution >= 4 is 17.7 Å². The summed E-state index contributed by atoms with van der Waals surface area (Å²) in [5.74, 6) is 0.329. The predicted molar refractivity (Wildman–Crippen MR) is 86.5 cm³/mol. The van der Waals surface area contributed by atoms with Gasteiger partial charge in [0.15, 0.2) is 0 Å². The zero-order chi connectivity index (χ0) is 15.9. The lowest BCUT2D eigenvalue weighted by atomic mass is 10.1. The first kappa shape index (κ1) is 15.9. The number of aliphatic hydroxyl groups excluding tert-OH is 1. The predicted octanol–water partition coefficient (Wildman–Crippen LogP) is 2.21. The van der Waals surface area contributed by atoms with Crippen LogP contribution >= 0.6 is 0 Å². The van der Waals surface area contributed by atoms with Crippen molar-refractivity contribution in [2.45, 2.75) is 6.10 Å². The largest absolute Gasteiger partial charge is 0.465 e. The van der Waals surface area contributed by atoms with Crippen molar-refractivity contribution in [1.29, 1.82) is 0 Å². The SMILES string of the molecule is CN(C)c1ccc(C(O)CNC(=O)C=Cc2ccco2)cc1. The van der Waals surface area contributed by atoms with Gasteiger partial charge in [0.1, 0.15) is 5.76 Å². The van der Waals surface area contributed by atoms with E-state index in [9.17, 15) is 9.90 Å². The number of hydrogen-bond donors (Lipinski definition) is 2. The summed E-state index contributed by atoms with van der Waals surface area (Å²) in [7, 11) is 3.91. The second kappa shape index (κ2) is 7.47. The summed E-state index contributed by atoms with van der Waals surface area (Å²) in [4.78, 5) is 13.6. The third-order valence-corrected chi connectivity index (χ3v) is 3.21. The maximum Gasteiger partial charge on any atom is 0.244 e. The number of benzene rings is 1. The fourth-order valence-corrected chi connectivity index (χ4v) is 1.91. The highest BCUT2D eigenvalue weighted by Gasteiger charge is 2.08. The Hall–Kier alpha value is -2.53. The van der Waals surface area contributed by atoms with Gasteiger partial charge in [0.05, 0.1) is 12.4 Å². The van der Waals surface area contributed by atoms with Gasteiger partial charge in [0.25, 0.3) is 0 Å².